The van der Waals surface area contributed by atoms with E-state index in [0.29, 0.717) is 0 Å². The zero-order valence-electron chi connectivity index (χ0n) is 12.0. The zero-order chi connectivity index (χ0) is 15.1. The molecule has 112 valence electrons. The number of carbonyl (C=O) groups excluding carboxylic acids is 1. The summed E-state index contributed by atoms with van der Waals surface area (Å²) in [6, 6.07) is 5.38. The zero-order valence-corrected chi connectivity index (χ0v) is 12.0. The number of methoxy groups -OCH3 is 1. The van der Waals surface area contributed by atoms with E-state index in [9.17, 15) is 9.18 Å². The van der Waals surface area contributed by atoms with Crippen LogP contribution in [-0.4, -0.2) is 49.4 Å². The monoisotopic (exact) mass is 284 g/mol. The fourth-order valence-corrected chi connectivity index (χ4v) is 1.64. The standard InChI is InChI=1S/C14H21FN2O3/c1-10(9-18)17(2)14(19)16-8-13(20-3)11-4-6-12(15)7-5-11/h4-7,10,13,18H,8-9H2,1-3H3,(H,16,19). The summed E-state index contributed by atoms with van der Waals surface area (Å²) in [4.78, 5) is 13.3. The van der Waals surface area contributed by atoms with Gasteiger partial charge < -0.3 is 20.1 Å². The SMILES string of the molecule is COC(CNC(=O)N(C)C(C)CO)c1ccc(F)cc1. The lowest BCUT2D eigenvalue weighted by atomic mass is 10.1. The summed E-state index contributed by atoms with van der Waals surface area (Å²) in [5, 5.41) is 11.7. The largest absolute Gasteiger partial charge is 0.394 e. The quantitative estimate of drug-likeness (QED) is 0.833. The molecule has 0 fully saturated rings. The second-order valence-corrected chi connectivity index (χ2v) is 4.60. The summed E-state index contributed by atoms with van der Waals surface area (Å²) < 4.78 is 18.1. The molecule has 0 aliphatic carbocycles. The predicted octanol–water partition coefficient (Wildman–Crippen LogP) is 1.54. The smallest absolute Gasteiger partial charge is 0.317 e. The van der Waals surface area contributed by atoms with E-state index >= 15 is 0 Å². The van der Waals surface area contributed by atoms with Gasteiger partial charge in [-0.2, -0.15) is 0 Å². The van der Waals surface area contributed by atoms with Crippen molar-refractivity contribution in [3.8, 4) is 0 Å². The molecule has 0 aliphatic rings. The molecular weight excluding hydrogens is 263 g/mol. The average Bonchev–Trinajstić information content (AvgIpc) is 2.47. The third-order valence-electron chi connectivity index (χ3n) is 3.21. The molecule has 0 radical (unpaired) electrons. The fourth-order valence-electron chi connectivity index (χ4n) is 1.64. The fraction of sp³-hybridized carbons (Fsp3) is 0.500. The first kappa shape index (κ1) is 16.4. The van der Waals surface area contributed by atoms with Gasteiger partial charge >= 0.3 is 6.03 Å². The Morgan fingerprint density at radius 3 is 2.55 bits per heavy atom. The van der Waals surface area contributed by atoms with Gasteiger partial charge in [0.25, 0.3) is 0 Å². The maximum atomic E-state index is 12.9. The van der Waals surface area contributed by atoms with Crippen LogP contribution in [-0.2, 0) is 4.74 Å². The van der Waals surface area contributed by atoms with Crippen LogP contribution in [0, 0.1) is 5.82 Å². The minimum absolute atomic E-state index is 0.102. The van der Waals surface area contributed by atoms with E-state index in [2.05, 4.69) is 5.32 Å². The first-order valence-corrected chi connectivity index (χ1v) is 6.39. The highest BCUT2D eigenvalue weighted by Gasteiger charge is 2.17. The van der Waals surface area contributed by atoms with E-state index in [1.54, 1.807) is 26.1 Å². The number of carbonyl (C=O) groups is 1. The molecule has 0 spiro atoms. The third kappa shape index (κ3) is 4.47. The second kappa shape index (κ2) is 7.81. The predicted molar refractivity (Wildman–Crippen MR) is 73.9 cm³/mol. The molecular formula is C14H21FN2O3. The number of ether oxygens (including phenoxy) is 1. The van der Waals surface area contributed by atoms with Crippen LogP contribution >= 0.6 is 0 Å². The maximum Gasteiger partial charge on any atom is 0.317 e. The first-order chi connectivity index (χ1) is 9.49. The van der Waals surface area contributed by atoms with Crippen LogP contribution in [0.5, 0.6) is 0 Å². The van der Waals surface area contributed by atoms with Gasteiger partial charge in [-0.15, -0.1) is 0 Å². The summed E-state index contributed by atoms with van der Waals surface area (Å²) in [6.07, 6.45) is -0.350. The van der Waals surface area contributed by atoms with Crippen molar-refractivity contribution in [3.05, 3.63) is 35.6 Å². The lowest BCUT2D eigenvalue weighted by Crippen LogP contribution is -2.45. The van der Waals surface area contributed by atoms with Gasteiger partial charge in [0.2, 0.25) is 0 Å². The second-order valence-electron chi connectivity index (χ2n) is 4.60. The molecule has 0 bridgehead atoms. The highest BCUT2D eigenvalue weighted by molar-refractivity contribution is 5.74. The van der Waals surface area contributed by atoms with E-state index in [-0.39, 0.29) is 37.1 Å². The third-order valence-corrected chi connectivity index (χ3v) is 3.21. The Balaban J connectivity index is 2.57. The molecule has 5 nitrogen and oxygen atoms in total. The normalized spacial score (nSPS) is 13.7. The van der Waals surface area contributed by atoms with Gasteiger partial charge in [0.1, 0.15) is 5.82 Å². The molecule has 0 aliphatic heterocycles. The van der Waals surface area contributed by atoms with E-state index in [0.717, 1.165) is 5.56 Å². The number of rotatable bonds is 6. The number of hydrogen-bond donors (Lipinski definition) is 2. The molecule has 1 aromatic carbocycles. The van der Waals surface area contributed by atoms with Crippen LogP contribution in [0.2, 0.25) is 0 Å². The lowest BCUT2D eigenvalue weighted by Gasteiger charge is -2.25. The molecule has 0 aromatic heterocycles. The van der Waals surface area contributed by atoms with Crippen molar-refractivity contribution in [2.75, 3.05) is 27.3 Å². The molecule has 2 unspecified atom stereocenters. The molecule has 2 atom stereocenters. The van der Waals surface area contributed by atoms with Crippen molar-refractivity contribution >= 4 is 6.03 Å². The van der Waals surface area contributed by atoms with E-state index < -0.39 is 0 Å². The summed E-state index contributed by atoms with van der Waals surface area (Å²) in [5.74, 6) is -0.316. The molecule has 2 N–H and O–H groups in total. The minimum atomic E-state index is -0.350. The van der Waals surface area contributed by atoms with Gasteiger partial charge in [0.05, 0.1) is 18.8 Å². The number of nitrogens with zero attached hydrogens (tertiary/aromatic N) is 1. The molecule has 6 heteroatoms. The number of aliphatic hydroxyl groups is 1. The molecule has 0 saturated carbocycles. The molecule has 0 heterocycles. The van der Waals surface area contributed by atoms with Crippen LogP contribution in [0.3, 0.4) is 0 Å². The maximum absolute atomic E-state index is 12.9. The van der Waals surface area contributed by atoms with Gasteiger partial charge in [-0.3, -0.25) is 0 Å². The van der Waals surface area contributed by atoms with Crippen molar-refractivity contribution in [2.24, 2.45) is 0 Å². The number of urea groups is 1. The first-order valence-electron chi connectivity index (χ1n) is 6.39. The lowest BCUT2D eigenvalue weighted by molar-refractivity contribution is 0.0994. The number of halogens is 1. The number of hydrogen-bond acceptors (Lipinski definition) is 3. The van der Waals surface area contributed by atoms with Crippen LogP contribution in [0.4, 0.5) is 9.18 Å². The molecule has 20 heavy (non-hydrogen) atoms. The number of aliphatic hydroxyl groups excluding tert-OH is 1. The Kier molecular flexibility index (Phi) is 6.41. The van der Waals surface area contributed by atoms with E-state index in [1.165, 1.54) is 24.1 Å². The topological polar surface area (TPSA) is 61.8 Å². The van der Waals surface area contributed by atoms with Crippen LogP contribution in [0.25, 0.3) is 0 Å². The van der Waals surface area contributed by atoms with Crippen molar-refractivity contribution < 1.29 is 19.0 Å². The minimum Gasteiger partial charge on any atom is -0.394 e. The van der Waals surface area contributed by atoms with Crippen LogP contribution in [0.1, 0.15) is 18.6 Å². The highest BCUT2D eigenvalue weighted by Crippen LogP contribution is 2.16. The number of benzene rings is 1. The summed E-state index contributed by atoms with van der Waals surface area (Å²) in [7, 11) is 3.14. The Bertz CT molecular complexity index is 425. The van der Waals surface area contributed by atoms with Crippen molar-refractivity contribution in [3.63, 3.8) is 0 Å². The van der Waals surface area contributed by atoms with Gasteiger partial charge in [-0.05, 0) is 24.6 Å². The molecule has 0 saturated heterocycles. The number of nitrogens with one attached hydrogen (secondary N) is 1. The van der Waals surface area contributed by atoms with Crippen molar-refractivity contribution in [2.45, 2.75) is 19.1 Å². The Morgan fingerprint density at radius 2 is 2.05 bits per heavy atom. The summed E-state index contributed by atoms with van der Waals surface area (Å²) >= 11 is 0. The summed E-state index contributed by atoms with van der Waals surface area (Å²) in [6.45, 7) is 1.91. The van der Waals surface area contributed by atoms with Gasteiger partial charge in [0.15, 0.2) is 0 Å². The molecule has 1 aromatic rings. The van der Waals surface area contributed by atoms with Gasteiger partial charge in [-0.1, -0.05) is 12.1 Å². The van der Waals surface area contributed by atoms with E-state index in [1.807, 2.05) is 0 Å². The van der Waals surface area contributed by atoms with E-state index in [4.69, 9.17) is 9.84 Å². The van der Waals surface area contributed by atoms with Gasteiger partial charge in [-0.25, -0.2) is 9.18 Å². The molecule has 1 rings (SSSR count). The molecule has 2 amide bonds. The van der Waals surface area contributed by atoms with Crippen molar-refractivity contribution in [1.29, 1.82) is 0 Å². The number of likely N-dealkylation sites (N-methyl/N-ethyl adjacent to an activating group) is 1. The number of amides is 2. The Labute approximate surface area is 118 Å². The summed E-state index contributed by atoms with van der Waals surface area (Å²) in [5.41, 5.74) is 0.784. The van der Waals surface area contributed by atoms with Crippen LogP contribution < -0.4 is 5.32 Å². The Morgan fingerprint density at radius 1 is 1.45 bits per heavy atom. The average molecular weight is 284 g/mol. The highest BCUT2D eigenvalue weighted by atomic mass is 19.1. The van der Waals surface area contributed by atoms with Crippen LogP contribution in [0.15, 0.2) is 24.3 Å². The van der Waals surface area contributed by atoms with Gasteiger partial charge in [0, 0.05) is 20.7 Å². The van der Waals surface area contributed by atoms with Crippen molar-refractivity contribution in [1.82, 2.24) is 10.2 Å². The Hall–Kier alpha value is -1.66.